The maximum Gasteiger partial charge on any atom is 0.181 e. The topological polar surface area (TPSA) is 65.6 Å². The third-order valence-corrected chi connectivity index (χ3v) is 4.61. The van der Waals surface area contributed by atoms with Gasteiger partial charge in [0.05, 0.1) is 11.4 Å². The molecule has 0 unspecified atom stereocenters. The normalized spacial score (nSPS) is 10.8. The van der Waals surface area contributed by atoms with Crippen LogP contribution in [0.15, 0.2) is 47.5 Å². The summed E-state index contributed by atoms with van der Waals surface area (Å²) < 4.78 is 0. The van der Waals surface area contributed by atoms with E-state index >= 15 is 0 Å². The number of allylic oxidation sites excluding steroid dienone is 1. The largest absolute Gasteiger partial charge is 0.353 e. The first-order chi connectivity index (χ1) is 12.1. The molecule has 2 heterocycles. The fraction of sp³-hybridized carbons (Fsp3) is 0.263. The van der Waals surface area contributed by atoms with Crippen LogP contribution < -0.4 is 10.6 Å². The van der Waals surface area contributed by atoms with Gasteiger partial charge in [0.15, 0.2) is 5.65 Å². The van der Waals surface area contributed by atoms with Crippen molar-refractivity contribution >= 4 is 40.1 Å². The highest BCUT2D eigenvalue weighted by atomic mass is 32.2. The summed E-state index contributed by atoms with van der Waals surface area (Å²) in [5, 5.41) is 6.82. The maximum atomic E-state index is 4.60. The first-order valence-electron chi connectivity index (χ1n) is 8.33. The molecule has 0 aliphatic heterocycles. The number of H-pyrrole nitrogens is 1. The van der Waals surface area contributed by atoms with Crippen LogP contribution in [0.5, 0.6) is 0 Å². The van der Waals surface area contributed by atoms with Crippen LogP contribution in [0.1, 0.15) is 25.6 Å². The van der Waals surface area contributed by atoms with Gasteiger partial charge in [-0.1, -0.05) is 32.1 Å². The summed E-state index contributed by atoms with van der Waals surface area (Å²) in [6.45, 7) is 8.13. The summed E-state index contributed by atoms with van der Waals surface area (Å²) in [5.74, 6) is 1.59. The molecular formula is C19H23N5S. The fourth-order valence-corrected chi connectivity index (χ4v) is 3.26. The van der Waals surface area contributed by atoms with Crippen LogP contribution in [0.3, 0.4) is 0 Å². The molecule has 0 saturated heterocycles. The Morgan fingerprint density at radius 1 is 1.24 bits per heavy atom. The molecule has 3 aromatic rings. The van der Waals surface area contributed by atoms with Gasteiger partial charge in [-0.25, -0.2) is 9.97 Å². The standard InChI is InChI=1S/C19H23N5S/c1-5-8-12(2)20-17-11-15(18-19(24-17)22-13(3)21-18)23-14-9-6-7-10-16(14)25-4/h6-7,9-11H,2,5,8H2,1,3-4H3,(H3,20,21,22,23,24). The molecule has 130 valence electrons. The number of anilines is 3. The van der Waals surface area contributed by atoms with Crippen molar-refractivity contribution in [3.05, 3.63) is 48.4 Å². The van der Waals surface area contributed by atoms with E-state index in [1.165, 1.54) is 4.90 Å². The van der Waals surface area contributed by atoms with Gasteiger partial charge in [-0.2, -0.15) is 0 Å². The number of thioether (sulfide) groups is 1. The first kappa shape index (κ1) is 17.4. The number of aryl methyl sites for hydroxylation is 1. The minimum atomic E-state index is 0.691. The van der Waals surface area contributed by atoms with E-state index < -0.39 is 0 Å². The first-order valence-corrected chi connectivity index (χ1v) is 9.55. The van der Waals surface area contributed by atoms with Gasteiger partial charge in [0.25, 0.3) is 0 Å². The smallest absolute Gasteiger partial charge is 0.181 e. The number of hydrogen-bond acceptors (Lipinski definition) is 5. The highest BCUT2D eigenvalue weighted by Crippen LogP contribution is 2.32. The number of rotatable bonds is 7. The Morgan fingerprint density at radius 2 is 2.04 bits per heavy atom. The zero-order chi connectivity index (χ0) is 17.8. The second-order valence-corrected chi connectivity index (χ2v) is 6.73. The van der Waals surface area contributed by atoms with E-state index in [1.54, 1.807) is 11.8 Å². The molecule has 0 aliphatic carbocycles. The Bertz CT molecular complexity index is 900. The number of para-hydroxylation sites is 1. The molecule has 2 aromatic heterocycles. The lowest BCUT2D eigenvalue weighted by molar-refractivity contribution is 0.911. The molecule has 0 atom stereocenters. The van der Waals surface area contributed by atoms with E-state index in [2.05, 4.69) is 57.5 Å². The lowest BCUT2D eigenvalue weighted by Crippen LogP contribution is -2.02. The van der Waals surface area contributed by atoms with Crippen molar-refractivity contribution in [2.75, 3.05) is 16.9 Å². The van der Waals surface area contributed by atoms with E-state index in [0.717, 1.165) is 47.1 Å². The molecule has 0 amide bonds. The summed E-state index contributed by atoms with van der Waals surface area (Å²) in [7, 11) is 0. The van der Waals surface area contributed by atoms with Crippen molar-refractivity contribution in [2.24, 2.45) is 0 Å². The van der Waals surface area contributed by atoms with Gasteiger partial charge in [-0.3, -0.25) is 0 Å². The highest BCUT2D eigenvalue weighted by molar-refractivity contribution is 7.98. The summed E-state index contributed by atoms with van der Waals surface area (Å²) in [6, 6.07) is 10.2. The van der Waals surface area contributed by atoms with Gasteiger partial charge < -0.3 is 15.6 Å². The number of aromatic nitrogens is 3. The van der Waals surface area contributed by atoms with Crippen LogP contribution in [0.25, 0.3) is 11.2 Å². The molecule has 0 bridgehead atoms. The third-order valence-electron chi connectivity index (χ3n) is 3.81. The molecular weight excluding hydrogens is 330 g/mol. The third kappa shape index (κ3) is 3.96. The van der Waals surface area contributed by atoms with Crippen molar-refractivity contribution in [2.45, 2.75) is 31.6 Å². The molecule has 0 aliphatic rings. The molecule has 1 aromatic carbocycles. The van der Waals surface area contributed by atoms with Gasteiger partial charge in [0, 0.05) is 16.7 Å². The second-order valence-electron chi connectivity index (χ2n) is 5.88. The molecule has 6 heteroatoms. The Morgan fingerprint density at radius 3 is 2.80 bits per heavy atom. The number of benzene rings is 1. The molecule has 3 N–H and O–H groups in total. The minimum absolute atomic E-state index is 0.691. The van der Waals surface area contributed by atoms with Crippen molar-refractivity contribution in [1.82, 2.24) is 15.0 Å². The van der Waals surface area contributed by atoms with Crippen LogP contribution in [-0.4, -0.2) is 21.2 Å². The van der Waals surface area contributed by atoms with Crippen LogP contribution >= 0.6 is 11.8 Å². The summed E-state index contributed by atoms with van der Waals surface area (Å²) in [5.41, 5.74) is 4.56. The predicted molar refractivity (Wildman–Crippen MR) is 108 cm³/mol. The van der Waals surface area contributed by atoms with Crippen LogP contribution in [0, 0.1) is 6.92 Å². The summed E-state index contributed by atoms with van der Waals surface area (Å²) in [4.78, 5) is 13.6. The van der Waals surface area contributed by atoms with Gasteiger partial charge in [0.1, 0.15) is 17.2 Å². The monoisotopic (exact) mass is 353 g/mol. The number of nitrogens with zero attached hydrogens (tertiary/aromatic N) is 2. The number of aromatic amines is 1. The lowest BCUT2D eigenvalue weighted by atomic mass is 10.2. The van der Waals surface area contributed by atoms with Crippen molar-refractivity contribution in [3.63, 3.8) is 0 Å². The van der Waals surface area contributed by atoms with Crippen LogP contribution in [-0.2, 0) is 0 Å². The average molecular weight is 353 g/mol. The van der Waals surface area contributed by atoms with Gasteiger partial charge in [-0.05, 0) is 31.7 Å². The molecule has 0 fully saturated rings. The SMILES string of the molecule is C=C(CCC)Nc1cc(Nc2ccccc2SC)c2[nH]c(C)nc2n1. The van der Waals surface area contributed by atoms with Crippen molar-refractivity contribution in [3.8, 4) is 0 Å². The van der Waals surface area contributed by atoms with E-state index in [1.807, 2.05) is 25.1 Å². The lowest BCUT2D eigenvalue weighted by Gasteiger charge is -2.13. The second kappa shape index (κ2) is 7.61. The van der Waals surface area contributed by atoms with Gasteiger partial charge in [0.2, 0.25) is 0 Å². The number of imidazole rings is 1. The Hall–Kier alpha value is -2.47. The average Bonchev–Trinajstić information content (AvgIpc) is 2.96. The van der Waals surface area contributed by atoms with Crippen LogP contribution in [0.2, 0.25) is 0 Å². The Balaban J connectivity index is 2.01. The number of pyridine rings is 1. The number of hydrogen-bond donors (Lipinski definition) is 3. The zero-order valence-corrected chi connectivity index (χ0v) is 15.6. The van der Waals surface area contributed by atoms with E-state index in [9.17, 15) is 0 Å². The Kier molecular flexibility index (Phi) is 5.28. The summed E-state index contributed by atoms with van der Waals surface area (Å²) >= 11 is 1.71. The Labute approximate surface area is 152 Å². The van der Waals surface area contributed by atoms with Crippen LogP contribution in [0.4, 0.5) is 17.2 Å². The molecule has 0 radical (unpaired) electrons. The quantitative estimate of drug-likeness (QED) is 0.492. The highest BCUT2D eigenvalue weighted by Gasteiger charge is 2.12. The summed E-state index contributed by atoms with van der Waals surface area (Å²) in [6.07, 6.45) is 4.03. The van der Waals surface area contributed by atoms with Crippen molar-refractivity contribution in [1.29, 1.82) is 0 Å². The number of nitrogens with one attached hydrogen (secondary N) is 3. The van der Waals surface area contributed by atoms with E-state index in [0.29, 0.717) is 5.65 Å². The molecule has 0 spiro atoms. The minimum Gasteiger partial charge on any atom is -0.353 e. The van der Waals surface area contributed by atoms with E-state index in [4.69, 9.17) is 0 Å². The maximum absolute atomic E-state index is 4.60. The zero-order valence-electron chi connectivity index (χ0n) is 14.8. The molecule has 0 saturated carbocycles. The molecule has 5 nitrogen and oxygen atoms in total. The van der Waals surface area contributed by atoms with Gasteiger partial charge in [-0.15, -0.1) is 11.8 Å². The molecule has 3 rings (SSSR count). The van der Waals surface area contributed by atoms with Crippen molar-refractivity contribution < 1.29 is 0 Å². The van der Waals surface area contributed by atoms with Gasteiger partial charge >= 0.3 is 0 Å². The van der Waals surface area contributed by atoms with E-state index in [-0.39, 0.29) is 0 Å². The fourth-order valence-electron chi connectivity index (χ4n) is 2.70. The predicted octanol–water partition coefficient (Wildman–Crippen LogP) is 5.46. The molecule has 25 heavy (non-hydrogen) atoms. The number of fused-ring (bicyclic) bond motifs is 1.